The summed E-state index contributed by atoms with van der Waals surface area (Å²) in [5, 5.41) is 14.6. The molecule has 1 heterocycles. The van der Waals surface area contributed by atoms with Crippen LogP contribution >= 0.6 is 0 Å². The summed E-state index contributed by atoms with van der Waals surface area (Å²) in [5.74, 6) is 0. The lowest BCUT2D eigenvalue weighted by Gasteiger charge is -1.88. The average molecular weight is 202 g/mol. The number of hydrogen-bond acceptors (Lipinski definition) is 2. The maximum atomic E-state index is 11.4. The van der Waals surface area contributed by atoms with E-state index in [0.29, 0.717) is 10.6 Å². The van der Waals surface area contributed by atoms with E-state index in [-0.39, 0.29) is 5.56 Å². The van der Waals surface area contributed by atoms with Crippen LogP contribution < -0.4 is 16.1 Å². The molecule has 0 spiro atoms. The van der Waals surface area contributed by atoms with Crippen molar-refractivity contribution in [3.8, 4) is 0 Å². The van der Waals surface area contributed by atoms with Crippen molar-refractivity contribution >= 4 is 12.3 Å². The van der Waals surface area contributed by atoms with Crippen LogP contribution in [0, 0.1) is 0 Å². The Balaban J connectivity index is 2.70. The summed E-state index contributed by atoms with van der Waals surface area (Å²) >= 11 is 0. The van der Waals surface area contributed by atoms with Gasteiger partial charge in [0.15, 0.2) is 0 Å². The second-order valence-corrected chi connectivity index (χ2v) is 3.09. The second kappa shape index (κ2) is 3.88. The monoisotopic (exact) mass is 202 g/mol. The minimum absolute atomic E-state index is 0.251. The number of aliphatic hydroxyl groups excluding tert-OH is 1. The molecule has 4 heteroatoms. The zero-order chi connectivity index (χ0) is 10.7. The van der Waals surface area contributed by atoms with Gasteiger partial charge in [0.05, 0.1) is 5.22 Å². The molecule has 0 unspecified atom stereocenters. The third kappa shape index (κ3) is 1.83. The summed E-state index contributed by atoms with van der Waals surface area (Å²) in [6.45, 7) is 0. The third-order valence-corrected chi connectivity index (χ3v) is 2.09. The van der Waals surface area contributed by atoms with E-state index in [9.17, 15) is 4.79 Å². The van der Waals surface area contributed by atoms with Gasteiger partial charge < -0.3 is 5.11 Å². The highest BCUT2D eigenvalue weighted by Gasteiger charge is 1.94. The van der Waals surface area contributed by atoms with Gasteiger partial charge in [-0.05, 0) is 11.6 Å². The summed E-state index contributed by atoms with van der Waals surface area (Å²) in [5.41, 5.74) is 0.657. The van der Waals surface area contributed by atoms with E-state index in [1.807, 2.05) is 30.3 Å². The number of aromatic amines is 2. The molecule has 15 heavy (non-hydrogen) atoms. The lowest BCUT2D eigenvalue weighted by molar-refractivity contribution is 0.537. The van der Waals surface area contributed by atoms with Crippen LogP contribution in [0.15, 0.2) is 35.1 Å². The highest BCUT2D eigenvalue weighted by atomic mass is 16.2. The Kier molecular flexibility index (Phi) is 2.41. The molecule has 0 atom stereocenters. The minimum Gasteiger partial charge on any atom is -0.513 e. The zero-order valence-electron chi connectivity index (χ0n) is 7.90. The van der Waals surface area contributed by atoms with Crippen LogP contribution in [0.1, 0.15) is 5.56 Å². The number of hydrogen-bond donors (Lipinski definition) is 3. The average Bonchev–Trinajstić information content (AvgIpc) is 2.62. The quantitative estimate of drug-likeness (QED) is 0.601. The maximum absolute atomic E-state index is 11.4. The lowest BCUT2D eigenvalue weighted by Crippen LogP contribution is -2.33. The van der Waals surface area contributed by atoms with Gasteiger partial charge in [-0.15, -0.1) is 0 Å². The first-order chi connectivity index (χ1) is 7.31. The van der Waals surface area contributed by atoms with Crippen LogP contribution in [0.5, 0.6) is 0 Å². The van der Waals surface area contributed by atoms with Gasteiger partial charge in [0, 0.05) is 0 Å². The first-order valence-corrected chi connectivity index (χ1v) is 4.49. The van der Waals surface area contributed by atoms with Crippen LogP contribution in [0.25, 0.3) is 12.3 Å². The summed E-state index contributed by atoms with van der Waals surface area (Å²) in [4.78, 5) is 11.4. The van der Waals surface area contributed by atoms with E-state index in [2.05, 4.69) is 10.2 Å². The van der Waals surface area contributed by atoms with Crippen molar-refractivity contribution in [3.05, 3.63) is 56.8 Å². The molecule has 2 aromatic rings. The summed E-state index contributed by atoms with van der Waals surface area (Å²) < 4.78 is 0. The molecule has 1 aromatic heterocycles. The first-order valence-electron chi connectivity index (χ1n) is 4.49. The number of aliphatic hydroxyl groups is 1. The number of H-pyrrole nitrogens is 2. The summed E-state index contributed by atoms with van der Waals surface area (Å²) in [6.07, 6.45) is 2.57. The Hall–Kier alpha value is -2.23. The third-order valence-electron chi connectivity index (χ3n) is 2.09. The Morgan fingerprint density at radius 1 is 1.13 bits per heavy atom. The molecule has 0 saturated carbocycles. The highest BCUT2D eigenvalue weighted by molar-refractivity contribution is 5.48. The van der Waals surface area contributed by atoms with Gasteiger partial charge in [0.1, 0.15) is 11.6 Å². The van der Waals surface area contributed by atoms with Crippen molar-refractivity contribution in [2.45, 2.75) is 0 Å². The molecular weight excluding hydrogens is 192 g/mol. The van der Waals surface area contributed by atoms with Crippen molar-refractivity contribution in [2.24, 2.45) is 0 Å². The van der Waals surface area contributed by atoms with Gasteiger partial charge in [-0.2, -0.15) is 0 Å². The fourth-order valence-corrected chi connectivity index (χ4v) is 1.34. The van der Waals surface area contributed by atoms with Gasteiger partial charge in [0.2, 0.25) is 0 Å². The van der Waals surface area contributed by atoms with E-state index < -0.39 is 0 Å². The SMILES string of the molecule is O=c1[nH][nH]c(=C\O)/c1=C/c1ccccc1. The van der Waals surface area contributed by atoms with Crippen molar-refractivity contribution < 1.29 is 5.11 Å². The minimum atomic E-state index is -0.251. The van der Waals surface area contributed by atoms with Crippen molar-refractivity contribution in [2.75, 3.05) is 0 Å². The topological polar surface area (TPSA) is 68.9 Å². The van der Waals surface area contributed by atoms with Crippen LogP contribution in [0.3, 0.4) is 0 Å². The van der Waals surface area contributed by atoms with E-state index in [0.717, 1.165) is 11.8 Å². The largest absolute Gasteiger partial charge is 0.513 e. The van der Waals surface area contributed by atoms with E-state index in [4.69, 9.17) is 5.11 Å². The molecule has 76 valence electrons. The molecule has 2 rings (SSSR count). The van der Waals surface area contributed by atoms with Crippen molar-refractivity contribution in [3.63, 3.8) is 0 Å². The van der Waals surface area contributed by atoms with Gasteiger partial charge in [-0.25, -0.2) is 0 Å². The zero-order valence-corrected chi connectivity index (χ0v) is 7.90. The van der Waals surface area contributed by atoms with Crippen LogP contribution in [-0.2, 0) is 0 Å². The van der Waals surface area contributed by atoms with Gasteiger partial charge in [-0.1, -0.05) is 30.3 Å². The van der Waals surface area contributed by atoms with E-state index in [1.165, 1.54) is 0 Å². The van der Waals surface area contributed by atoms with E-state index in [1.54, 1.807) is 6.08 Å². The summed E-state index contributed by atoms with van der Waals surface area (Å²) in [7, 11) is 0. The fourth-order valence-electron chi connectivity index (χ4n) is 1.34. The molecule has 4 nitrogen and oxygen atoms in total. The van der Waals surface area contributed by atoms with Crippen LogP contribution in [-0.4, -0.2) is 15.3 Å². The fraction of sp³-hybridized carbons (Fsp3) is 0. The maximum Gasteiger partial charge on any atom is 0.271 e. The molecule has 0 aliphatic rings. The smallest absolute Gasteiger partial charge is 0.271 e. The highest BCUT2D eigenvalue weighted by Crippen LogP contribution is 1.96. The molecule has 0 fully saturated rings. The molecule has 0 bridgehead atoms. The normalized spacial score (nSPS) is 13.3. The molecule has 0 aliphatic heterocycles. The van der Waals surface area contributed by atoms with Gasteiger partial charge in [0.25, 0.3) is 5.56 Å². The van der Waals surface area contributed by atoms with Gasteiger partial charge in [-0.3, -0.25) is 15.0 Å². The Labute approximate surface area is 85.2 Å². The molecule has 0 radical (unpaired) electrons. The first kappa shape index (κ1) is 9.33. The molecule has 0 aliphatic carbocycles. The van der Waals surface area contributed by atoms with Crippen LogP contribution in [0.4, 0.5) is 0 Å². The molecule has 0 saturated heterocycles. The molecule has 1 aromatic carbocycles. The van der Waals surface area contributed by atoms with Crippen molar-refractivity contribution in [1.29, 1.82) is 0 Å². The number of rotatable bonds is 1. The number of aromatic nitrogens is 2. The lowest BCUT2D eigenvalue weighted by atomic mass is 10.2. The standard InChI is InChI=1S/C11H10N2O2/c14-7-10-9(11(15)13-12-10)6-8-4-2-1-3-5-8/h1-7,12,14H,(H,13,15)/b9-6-,10-7-. The molecule has 0 amide bonds. The number of nitrogens with one attached hydrogen (secondary N) is 2. The number of benzene rings is 1. The van der Waals surface area contributed by atoms with Gasteiger partial charge >= 0.3 is 0 Å². The Morgan fingerprint density at radius 3 is 2.53 bits per heavy atom. The predicted molar refractivity (Wildman–Crippen MR) is 57.8 cm³/mol. The Morgan fingerprint density at radius 2 is 1.87 bits per heavy atom. The van der Waals surface area contributed by atoms with Crippen LogP contribution in [0.2, 0.25) is 0 Å². The predicted octanol–water partition coefficient (Wildman–Crippen LogP) is -0.172. The van der Waals surface area contributed by atoms with Crippen molar-refractivity contribution in [1.82, 2.24) is 10.2 Å². The molecular formula is C11H10N2O2. The Bertz CT molecular complexity index is 608. The molecule has 3 N–H and O–H groups in total. The second-order valence-electron chi connectivity index (χ2n) is 3.09. The summed E-state index contributed by atoms with van der Waals surface area (Å²) in [6, 6.07) is 9.43. The van der Waals surface area contributed by atoms with E-state index >= 15 is 0 Å².